The average Bonchev–Trinajstić information content (AvgIpc) is 2.42. The van der Waals surface area contributed by atoms with Crippen LogP contribution in [0.15, 0.2) is 46.9 Å². The van der Waals surface area contributed by atoms with E-state index in [9.17, 15) is 4.39 Å². The summed E-state index contributed by atoms with van der Waals surface area (Å²) in [6, 6.07) is 14.8. The van der Waals surface area contributed by atoms with E-state index in [4.69, 9.17) is 5.26 Å². The molecule has 0 spiro atoms. The molecule has 2 aromatic rings. The van der Waals surface area contributed by atoms with Crippen molar-refractivity contribution in [2.45, 2.75) is 13.0 Å². The predicted molar refractivity (Wildman–Crippen MR) is 77.2 cm³/mol. The maximum atomic E-state index is 13.3. The molecule has 2 aromatic carbocycles. The lowest BCUT2D eigenvalue weighted by molar-refractivity contribution is 0.619. The summed E-state index contributed by atoms with van der Waals surface area (Å²) in [6.07, 6.45) is 0.415. The third-order valence-corrected chi connectivity index (χ3v) is 3.36. The molecule has 0 aromatic heterocycles. The molecule has 0 saturated heterocycles. The standard InChI is InChI=1S/C15H12BrFN2/c16-14-6-3-12(9-15(14)17)10-19-13-4-1-11(2-5-13)7-8-18/h1-6,9,19H,7,10H2. The molecule has 0 aliphatic rings. The van der Waals surface area contributed by atoms with Gasteiger partial charge in [0.1, 0.15) is 5.82 Å². The van der Waals surface area contributed by atoms with Gasteiger partial charge in [0.25, 0.3) is 0 Å². The van der Waals surface area contributed by atoms with Crippen LogP contribution in [0.4, 0.5) is 10.1 Å². The van der Waals surface area contributed by atoms with Gasteiger partial charge in [0.05, 0.1) is 17.0 Å². The van der Waals surface area contributed by atoms with Crippen LogP contribution in [0.2, 0.25) is 0 Å². The van der Waals surface area contributed by atoms with Crippen molar-refractivity contribution in [2.75, 3.05) is 5.32 Å². The molecule has 2 nitrogen and oxygen atoms in total. The number of nitrogens with zero attached hydrogens (tertiary/aromatic N) is 1. The van der Waals surface area contributed by atoms with Crippen LogP contribution in [-0.4, -0.2) is 0 Å². The summed E-state index contributed by atoms with van der Waals surface area (Å²) in [5.74, 6) is -0.260. The second-order valence-corrected chi connectivity index (χ2v) is 4.99. The van der Waals surface area contributed by atoms with Gasteiger partial charge in [-0.1, -0.05) is 18.2 Å². The Morgan fingerprint density at radius 2 is 1.79 bits per heavy atom. The lowest BCUT2D eigenvalue weighted by Crippen LogP contribution is -2.00. The Hall–Kier alpha value is -1.86. The summed E-state index contributed by atoms with van der Waals surface area (Å²) in [5, 5.41) is 11.8. The lowest BCUT2D eigenvalue weighted by Gasteiger charge is -2.07. The molecule has 0 atom stereocenters. The highest BCUT2D eigenvalue weighted by Gasteiger charge is 2.01. The van der Waals surface area contributed by atoms with Crippen molar-refractivity contribution >= 4 is 21.6 Å². The van der Waals surface area contributed by atoms with Gasteiger partial charge in [-0.05, 0) is 51.3 Å². The van der Waals surface area contributed by atoms with E-state index in [2.05, 4.69) is 27.3 Å². The molecule has 0 heterocycles. The highest BCUT2D eigenvalue weighted by atomic mass is 79.9. The number of rotatable bonds is 4. The van der Waals surface area contributed by atoms with E-state index in [1.165, 1.54) is 6.07 Å². The second kappa shape index (κ2) is 6.35. The molecule has 0 unspecified atom stereocenters. The monoisotopic (exact) mass is 318 g/mol. The second-order valence-electron chi connectivity index (χ2n) is 4.13. The van der Waals surface area contributed by atoms with Crippen molar-refractivity contribution in [3.63, 3.8) is 0 Å². The van der Waals surface area contributed by atoms with Crippen molar-refractivity contribution < 1.29 is 4.39 Å². The molecule has 0 aliphatic heterocycles. The average molecular weight is 319 g/mol. The molecule has 0 aliphatic carbocycles. The van der Waals surface area contributed by atoms with Gasteiger partial charge < -0.3 is 5.32 Å². The Morgan fingerprint density at radius 1 is 1.11 bits per heavy atom. The fourth-order valence-electron chi connectivity index (χ4n) is 1.69. The number of hydrogen-bond acceptors (Lipinski definition) is 2. The van der Waals surface area contributed by atoms with E-state index in [-0.39, 0.29) is 5.82 Å². The largest absolute Gasteiger partial charge is 0.381 e. The van der Waals surface area contributed by atoms with Gasteiger partial charge in [-0.15, -0.1) is 0 Å². The van der Waals surface area contributed by atoms with E-state index >= 15 is 0 Å². The molecule has 4 heteroatoms. The van der Waals surface area contributed by atoms with Gasteiger partial charge in [-0.3, -0.25) is 0 Å². The first kappa shape index (κ1) is 13.6. The smallest absolute Gasteiger partial charge is 0.137 e. The summed E-state index contributed by atoms with van der Waals surface area (Å²) < 4.78 is 13.8. The van der Waals surface area contributed by atoms with Crippen LogP contribution in [0, 0.1) is 17.1 Å². The van der Waals surface area contributed by atoms with Crippen molar-refractivity contribution in [1.29, 1.82) is 5.26 Å². The van der Waals surface area contributed by atoms with Gasteiger partial charge >= 0.3 is 0 Å². The van der Waals surface area contributed by atoms with E-state index in [1.807, 2.05) is 30.3 Å². The van der Waals surface area contributed by atoms with Crippen molar-refractivity contribution in [3.05, 3.63) is 63.9 Å². The maximum absolute atomic E-state index is 13.3. The van der Waals surface area contributed by atoms with E-state index in [0.717, 1.165) is 16.8 Å². The minimum absolute atomic E-state index is 0.260. The van der Waals surface area contributed by atoms with Crippen LogP contribution in [0.5, 0.6) is 0 Å². The fraction of sp³-hybridized carbons (Fsp3) is 0.133. The third kappa shape index (κ3) is 3.80. The molecule has 0 bridgehead atoms. The Morgan fingerprint density at radius 3 is 2.42 bits per heavy atom. The summed E-state index contributed by atoms with van der Waals surface area (Å²) >= 11 is 3.13. The number of hydrogen-bond donors (Lipinski definition) is 1. The van der Waals surface area contributed by atoms with E-state index in [0.29, 0.717) is 17.4 Å². The Kier molecular flexibility index (Phi) is 4.53. The van der Waals surface area contributed by atoms with Gasteiger partial charge in [-0.2, -0.15) is 5.26 Å². The fourth-order valence-corrected chi connectivity index (χ4v) is 1.93. The van der Waals surface area contributed by atoms with Crippen LogP contribution in [0.25, 0.3) is 0 Å². The number of nitriles is 1. The normalized spacial score (nSPS) is 9.95. The zero-order chi connectivity index (χ0) is 13.7. The Balaban J connectivity index is 1.98. The van der Waals surface area contributed by atoms with Gasteiger partial charge in [0.2, 0.25) is 0 Å². The molecule has 19 heavy (non-hydrogen) atoms. The third-order valence-electron chi connectivity index (χ3n) is 2.72. The van der Waals surface area contributed by atoms with Crippen molar-refractivity contribution in [2.24, 2.45) is 0 Å². The van der Waals surface area contributed by atoms with Gasteiger partial charge in [-0.25, -0.2) is 4.39 Å². The molecule has 0 saturated carbocycles. The number of anilines is 1. The van der Waals surface area contributed by atoms with Crippen LogP contribution < -0.4 is 5.32 Å². The lowest BCUT2D eigenvalue weighted by atomic mass is 10.1. The van der Waals surface area contributed by atoms with Crippen molar-refractivity contribution in [1.82, 2.24) is 0 Å². The quantitative estimate of drug-likeness (QED) is 0.914. The molecular formula is C15H12BrFN2. The zero-order valence-corrected chi connectivity index (χ0v) is 11.7. The summed E-state index contributed by atoms with van der Waals surface area (Å²) in [7, 11) is 0. The minimum atomic E-state index is -0.260. The maximum Gasteiger partial charge on any atom is 0.137 e. The van der Waals surface area contributed by atoms with E-state index < -0.39 is 0 Å². The molecule has 2 rings (SSSR count). The first-order valence-corrected chi connectivity index (χ1v) is 6.62. The first-order valence-electron chi connectivity index (χ1n) is 5.83. The molecule has 96 valence electrons. The number of benzene rings is 2. The Labute approximate surface area is 120 Å². The topological polar surface area (TPSA) is 35.8 Å². The molecule has 0 amide bonds. The summed E-state index contributed by atoms with van der Waals surface area (Å²) in [4.78, 5) is 0. The SMILES string of the molecule is N#CCc1ccc(NCc2ccc(Br)c(F)c2)cc1. The van der Waals surface area contributed by atoms with Crippen LogP contribution in [0.1, 0.15) is 11.1 Å². The Bertz CT molecular complexity index is 603. The zero-order valence-electron chi connectivity index (χ0n) is 10.2. The van der Waals surface area contributed by atoms with Crippen molar-refractivity contribution in [3.8, 4) is 6.07 Å². The van der Waals surface area contributed by atoms with E-state index in [1.54, 1.807) is 6.07 Å². The minimum Gasteiger partial charge on any atom is -0.381 e. The first-order chi connectivity index (χ1) is 9.19. The summed E-state index contributed by atoms with van der Waals surface area (Å²) in [6.45, 7) is 0.557. The number of halogens is 2. The van der Waals surface area contributed by atoms with Gasteiger partial charge in [0, 0.05) is 12.2 Å². The molecular weight excluding hydrogens is 307 g/mol. The highest BCUT2D eigenvalue weighted by Crippen LogP contribution is 2.17. The predicted octanol–water partition coefficient (Wildman–Crippen LogP) is 4.27. The molecule has 0 radical (unpaired) electrons. The summed E-state index contributed by atoms with van der Waals surface area (Å²) in [5.41, 5.74) is 2.81. The number of nitrogens with one attached hydrogen (secondary N) is 1. The van der Waals surface area contributed by atoms with Crippen LogP contribution in [-0.2, 0) is 13.0 Å². The van der Waals surface area contributed by atoms with Crippen LogP contribution in [0.3, 0.4) is 0 Å². The molecule has 1 N–H and O–H groups in total. The van der Waals surface area contributed by atoms with Gasteiger partial charge in [0.15, 0.2) is 0 Å². The highest BCUT2D eigenvalue weighted by molar-refractivity contribution is 9.10. The molecule has 0 fully saturated rings. The van der Waals surface area contributed by atoms with Crippen LogP contribution >= 0.6 is 15.9 Å².